The number of rotatable bonds is 2. The summed E-state index contributed by atoms with van der Waals surface area (Å²) >= 11 is 6.09. The van der Waals surface area contributed by atoms with E-state index in [2.05, 4.69) is 0 Å². The largest absolute Gasteiger partial charge is 0.506 e. The second kappa shape index (κ2) is 3.39. The van der Waals surface area contributed by atoms with Crippen LogP contribution >= 0.6 is 11.6 Å². The van der Waals surface area contributed by atoms with Crippen molar-refractivity contribution in [3.63, 3.8) is 0 Å². The topological polar surface area (TPSA) is 46.2 Å². The number of nitrogens with two attached hydrogens (primary N) is 1. The van der Waals surface area contributed by atoms with Gasteiger partial charge in [0.2, 0.25) is 0 Å². The summed E-state index contributed by atoms with van der Waals surface area (Å²) in [6.45, 7) is 4.48. The highest BCUT2D eigenvalue weighted by Crippen LogP contribution is 2.50. The van der Waals surface area contributed by atoms with E-state index in [0.29, 0.717) is 11.6 Å². The quantitative estimate of drug-likeness (QED) is 0.813. The van der Waals surface area contributed by atoms with E-state index in [1.54, 1.807) is 0 Å². The van der Waals surface area contributed by atoms with E-state index < -0.39 is 0 Å². The number of hydrogen-bond acceptors (Lipinski definition) is 2. The summed E-state index contributed by atoms with van der Waals surface area (Å²) in [6.07, 6.45) is 2.26. The summed E-state index contributed by atoms with van der Waals surface area (Å²) in [6, 6.07) is 2.02. The van der Waals surface area contributed by atoms with Gasteiger partial charge >= 0.3 is 0 Å². The van der Waals surface area contributed by atoms with Gasteiger partial charge in [0.05, 0.1) is 5.02 Å². The first-order chi connectivity index (χ1) is 7.02. The second-order valence-electron chi connectivity index (χ2n) is 4.51. The van der Waals surface area contributed by atoms with Crippen LogP contribution in [0.15, 0.2) is 6.07 Å². The standard InChI is InChI=1S/C12H16ClNO/c1-7-5-9(12(6-14)3-4-12)8(2)10(13)11(7)15/h5,15H,3-4,6,14H2,1-2H3. The van der Waals surface area contributed by atoms with Gasteiger partial charge in [0.1, 0.15) is 5.75 Å². The van der Waals surface area contributed by atoms with Crippen LogP contribution in [-0.2, 0) is 5.41 Å². The van der Waals surface area contributed by atoms with Gasteiger partial charge in [0, 0.05) is 12.0 Å². The summed E-state index contributed by atoms with van der Waals surface area (Å²) in [4.78, 5) is 0. The third-order valence-corrected chi connectivity index (χ3v) is 3.95. The zero-order valence-electron chi connectivity index (χ0n) is 9.10. The first-order valence-electron chi connectivity index (χ1n) is 5.21. The van der Waals surface area contributed by atoms with E-state index in [4.69, 9.17) is 17.3 Å². The molecule has 0 bridgehead atoms. The molecule has 0 unspecified atom stereocenters. The smallest absolute Gasteiger partial charge is 0.137 e. The Morgan fingerprint density at radius 1 is 1.47 bits per heavy atom. The fraction of sp³-hybridized carbons (Fsp3) is 0.500. The van der Waals surface area contributed by atoms with Gasteiger partial charge in [0.25, 0.3) is 0 Å². The maximum Gasteiger partial charge on any atom is 0.137 e. The van der Waals surface area contributed by atoms with Crippen LogP contribution < -0.4 is 5.73 Å². The summed E-state index contributed by atoms with van der Waals surface area (Å²) in [5, 5.41) is 10.2. The molecule has 0 atom stereocenters. The molecule has 0 heterocycles. The molecule has 1 saturated carbocycles. The molecular formula is C12H16ClNO. The molecule has 2 nitrogen and oxygen atoms in total. The van der Waals surface area contributed by atoms with Crippen LogP contribution in [0.5, 0.6) is 5.75 Å². The molecule has 1 aromatic carbocycles. The summed E-state index contributed by atoms with van der Waals surface area (Å²) in [5.41, 5.74) is 8.96. The molecule has 0 radical (unpaired) electrons. The summed E-state index contributed by atoms with van der Waals surface area (Å²) in [7, 11) is 0. The molecule has 0 saturated heterocycles. The molecule has 1 aliphatic carbocycles. The van der Waals surface area contributed by atoms with Crippen molar-refractivity contribution in [3.8, 4) is 5.75 Å². The lowest BCUT2D eigenvalue weighted by atomic mass is 9.90. The Hall–Kier alpha value is -0.730. The lowest BCUT2D eigenvalue weighted by Crippen LogP contribution is -2.21. The molecule has 0 spiro atoms. The Morgan fingerprint density at radius 2 is 2.07 bits per heavy atom. The van der Waals surface area contributed by atoms with Crippen molar-refractivity contribution in [3.05, 3.63) is 27.8 Å². The van der Waals surface area contributed by atoms with Crippen molar-refractivity contribution in [1.82, 2.24) is 0 Å². The van der Waals surface area contributed by atoms with Crippen molar-refractivity contribution < 1.29 is 5.11 Å². The molecular weight excluding hydrogens is 210 g/mol. The van der Waals surface area contributed by atoms with E-state index in [1.165, 1.54) is 5.56 Å². The van der Waals surface area contributed by atoms with Crippen LogP contribution in [0.2, 0.25) is 5.02 Å². The van der Waals surface area contributed by atoms with Crippen LogP contribution in [0.25, 0.3) is 0 Å². The minimum absolute atomic E-state index is 0.131. The van der Waals surface area contributed by atoms with Gasteiger partial charge < -0.3 is 10.8 Å². The van der Waals surface area contributed by atoms with Crippen molar-refractivity contribution in [2.24, 2.45) is 5.73 Å². The zero-order valence-corrected chi connectivity index (χ0v) is 9.86. The molecule has 0 aliphatic heterocycles. The maximum atomic E-state index is 9.71. The summed E-state index contributed by atoms with van der Waals surface area (Å²) < 4.78 is 0. The summed E-state index contributed by atoms with van der Waals surface area (Å²) in [5.74, 6) is 0.200. The van der Waals surface area contributed by atoms with Gasteiger partial charge in [0.15, 0.2) is 0 Å². The van der Waals surface area contributed by atoms with Gasteiger partial charge in [-0.15, -0.1) is 0 Å². The monoisotopic (exact) mass is 225 g/mol. The number of benzene rings is 1. The molecule has 0 amide bonds. The first-order valence-corrected chi connectivity index (χ1v) is 5.59. The van der Waals surface area contributed by atoms with E-state index in [1.807, 2.05) is 19.9 Å². The molecule has 15 heavy (non-hydrogen) atoms. The zero-order chi connectivity index (χ0) is 11.2. The highest BCUT2D eigenvalue weighted by atomic mass is 35.5. The fourth-order valence-corrected chi connectivity index (χ4v) is 2.40. The Bertz CT molecular complexity index is 411. The van der Waals surface area contributed by atoms with Gasteiger partial charge in [-0.05, 0) is 43.4 Å². The normalized spacial score (nSPS) is 17.9. The van der Waals surface area contributed by atoms with Crippen LogP contribution in [-0.4, -0.2) is 11.7 Å². The molecule has 0 aromatic heterocycles. The van der Waals surface area contributed by atoms with Crippen LogP contribution in [0.3, 0.4) is 0 Å². The van der Waals surface area contributed by atoms with E-state index in [-0.39, 0.29) is 11.2 Å². The fourth-order valence-electron chi connectivity index (χ4n) is 2.15. The predicted octanol–water partition coefficient (Wildman–Crippen LogP) is 2.65. The van der Waals surface area contributed by atoms with Gasteiger partial charge in [-0.2, -0.15) is 0 Å². The number of aryl methyl sites for hydroxylation is 1. The Morgan fingerprint density at radius 3 is 2.53 bits per heavy atom. The highest BCUT2D eigenvalue weighted by Gasteiger charge is 2.44. The molecule has 2 rings (SSSR count). The third-order valence-electron chi connectivity index (χ3n) is 3.49. The Balaban J connectivity index is 2.58. The molecule has 1 fully saturated rings. The highest BCUT2D eigenvalue weighted by molar-refractivity contribution is 6.33. The van der Waals surface area contributed by atoms with Gasteiger partial charge in [-0.25, -0.2) is 0 Å². The van der Waals surface area contributed by atoms with Crippen molar-refractivity contribution in [1.29, 1.82) is 0 Å². The molecule has 82 valence electrons. The number of halogens is 1. The van der Waals surface area contributed by atoms with E-state index >= 15 is 0 Å². The number of phenols is 1. The third kappa shape index (κ3) is 1.52. The van der Waals surface area contributed by atoms with Crippen LogP contribution in [0.4, 0.5) is 0 Å². The lowest BCUT2D eigenvalue weighted by Gasteiger charge is -2.19. The molecule has 1 aliphatic rings. The van der Waals surface area contributed by atoms with E-state index in [9.17, 15) is 5.11 Å². The average Bonchev–Trinajstić information content (AvgIpc) is 3.01. The second-order valence-corrected chi connectivity index (χ2v) is 4.89. The predicted molar refractivity (Wildman–Crippen MR) is 62.6 cm³/mol. The molecule has 3 N–H and O–H groups in total. The molecule has 3 heteroatoms. The average molecular weight is 226 g/mol. The number of aromatic hydroxyl groups is 1. The van der Waals surface area contributed by atoms with Crippen molar-refractivity contribution in [2.45, 2.75) is 32.1 Å². The van der Waals surface area contributed by atoms with Crippen molar-refractivity contribution in [2.75, 3.05) is 6.54 Å². The van der Waals surface area contributed by atoms with Gasteiger partial charge in [-0.3, -0.25) is 0 Å². The van der Waals surface area contributed by atoms with E-state index in [0.717, 1.165) is 24.0 Å². The SMILES string of the molecule is Cc1cc(C2(CN)CC2)c(C)c(Cl)c1O. The minimum atomic E-state index is 0.131. The van der Waals surface area contributed by atoms with Crippen molar-refractivity contribution >= 4 is 11.6 Å². The Labute approximate surface area is 95.1 Å². The van der Waals surface area contributed by atoms with Crippen LogP contribution in [0, 0.1) is 13.8 Å². The lowest BCUT2D eigenvalue weighted by molar-refractivity contribution is 0.470. The van der Waals surface area contributed by atoms with Crippen LogP contribution in [0.1, 0.15) is 29.5 Å². The van der Waals surface area contributed by atoms with Gasteiger partial charge in [-0.1, -0.05) is 17.7 Å². The maximum absolute atomic E-state index is 9.71. The Kier molecular flexibility index (Phi) is 2.44. The number of phenolic OH excluding ortho intramolecular Hbond substituents is 1. The first kappa shape index (κ1) is 10.8. The molecule has 1 aromatic rings. The number of hydrogen-bond donors (Lipinski definition) is 2. The minimum Gasteiger partial charge on any atom is -0.506 e.